The van der Waals surface area contributed by atoms with E-state index in [1.807, 2.05) is 74.5 Å². The molecule has 0 radical (unpaired) electrons. The molecule has 160 valence electrons. The molecule has 0 unspecified atom stereocenters. The highest BCUT2D eigenvalue weighted by atomic mass is 16.5. The molecule has 1 aliphatic carbocycles. The van der Waals surface area contributed by atoms with Gasteiger partial charge in [-0.2, -0.15) is 4.98 Å². The fraction of sp³-hybridized carbons (Fsp3) is 0.320. The highest BCUT2D eigenvalue weighted by molar-refractivity contribution is 5.84. The van der Waals surface area contributed by atoms with Crippen LogP contribution >= 0.6 is 0 Å². The average molecular weight is 418 g/mol. The number of carbonyl (C=O) groups excluding carboxylic acids is 1. The van der Waals surface area contributed by atoms with Crippen LogP contribution in [-0.2, 0) is 14.9 Å². The number of anilines is 2. The summed E-state index contributed by atoms with van der Waals surface area (Å²) in [6.07, 6.45) is 2.69. The molecule has 2 aromatic carbocycles. The van der Waals surface area contributed by atoms with Gasteiger partial charge in [-0.15, -0.1) is 0 Å². The number of aromatic nitrogens is 2. The smallest absolute Gasteiger partial charge is 0.316 e. The minimum atomic E-state index is -0.505. The molecule has 0 amide bonds. The second-order valence-electron chi connectivity index (χ2n) is 8.08. The third-order valence-electron chi connectivity index (χ3n) is 5.61. The Hall–Kier alpha value is -3.41. The topological polar surface area (TPSA) is 73.3 Å². The van der Waals surface area contributed by atoms with Crippen LogP contribution in [-0.4, -0.2) is 29.2 Å². The Morgan fingerprint density at radius 3 is 2.32 bits per heavy atom. The Kier molecular flexibility index (Phi) is 5.89. The first kappa shape index (κ1) is 20.8. The van der Waals surface area contributed by atoms with Crippen molar-refractivity contribution in [3.8, 4) is 17.1 Å². The van der Waals surface area contributed by atoms with E-state index in [0.717, 1.165) is 41.8 Å². The molecule has 1 saturated carbocycles. The van der Waals surface area contributed by atoms with Crippen LogP contribution in [0.5, 0.6) is 5.88 Å². The molecular formula is C25H27N3O3. The summed E-state index contributed by atoms with van der Waals surface area (Å²) >= 11 is 0. The van der Waals surface area contributed by atoms with Gasteiger partial charge in [0.2, 0.25) is 11.8 Å². The van der Waals surface area contributed by atoms with Gasteiger partial charge in [0.25, 0.3) is 0 Å². The number of hydrogen-bond acceptors (Lipinski definition) is 6. The van der Waals surface area contributed by atoms with E-state index in [9.17, 15) is 4.79 Å². The summed E-state index contributed by atoms with van der Waals surface area (Å²) < 4.78 is 10.9. The molecule has 0 bridgehead atoms. The zero-order valence-electron chi connectivity index (χ0n) is 18.1. The molecule has 1 aliphatic rings. The molecule has 31 heavy (non-hydrogen) atoms. The fourth-order valence-electron chi connectivity index (χ4n) is 3.88. The van der Waals surface area contributed by atoms with Crippen molar-refractivity contribution < 1.29 is 14.3 Å². The zero-order chi connectivity index (χ0) is 21.8. The molecule has 0 saturated heterocycles. The Morgan fingerprint density at radius 2 is 1.74 bits per heavy atom. The number of benzene rings is 2. The van der Waals surface area contributed by atoms with E-state index in [-0.39, 0.29) is 12.1 Å². The molecule has 3 aromatic rings. The molecule has 4 rings (SSSR count). The molecule has 1 N–H and O–H groups in total. The van der Waals surface area contributed by atoms with Crippen molar-refractivity contribution in [2.24, 2.45) is 0 Å². The molecule has 6 nitrogen and oxygen atoms in total. The van der Waals surface area contributed by atoms with Crippen LogP contribution in [0.2, 0.25) is 0 Å². The van der Waals surface area contributed by atoms with E-state index in [4.69, 9.17) is 9.47 Å². The van der Waals surface area contributed by atoms with E-state index >= 15 is 0 Å². The molecule has 1 aromatic heterocycles. The van der Waals surface area contributed by atoms with Gasteiger partial charge in [0.15, 0.2) is 0 Å². The van der Waals surface area contributed by atoms with E-state index in [1.54, 1.807) is 0 Å². The monoisotopic (exact) mass is 417 g/mol. The van der Waals surface area contributed by atoms with Gasteiger partial charge in [-0.05, 0) is 44.4 Å². The van der Waals surface area contributed by atoms with Crippen molar-refractivity contribution in [1.29, 1.82) is 0 Å². The molecule has 0 atom stereocenters. The van der Waals surface area contributed by atoms with E-state index in [2.05, 4.69) is 15.3 Å². The molecule has 0 aliphatic heterocycles. The Balaban J connectivity index is 1.60. The highest BCUT2D eigenvalue weighted by Crippen LogP contribution is 2.45. The lowest BCUT2D eigenvalue weighted by Gasteiger charge is -2.39. The lowest BCUT2D eigenvalue weighted by atomic mass is 9.64. The van der Waals surface area contributed by atoms with Crippen LogP contribution < -0.4 is 10.1 Å². The van der Waals surface area contributed by atoms with Crippen LogP contribution in [0.1, 0.15) is 38.7 Å². The number of rotatable bonds is 7. The van der Waals surface area contributed by atoms with E-state index in [0.29, 0.717) is 11.8 Å². The summed E-state index contributed by atoms with van der Waals surface area (Å²) in [4.78, 5) is 21.5. The predicted molar refractivity (Wildman–Crippen MR) is 121 cm³/mol. The van der Waals surface area contributed by atoms with Crippen molar-refractivity contribution in [2.75, 3.05) is 12.4 Å². The van der Waals surface area contributed by atoms with Crippen molar-refractivity contribution >= 4 is 17.6 Å². The minimum absolute atomic E-state index is 0.00245. The minimum Gasteiger partial charge on any atom is -0.475 e. The number of methoxy groups -OCH3 is 1. The van der Waals surface area contributed by atoms with Crippen LogP contribution in [0.15, 0.2) is 60.7 Å². The normalized spacial score (nSPS) is 14.6. The summed E-state index contributed by atoms with van der Waals surface area (Å²) in [5, 5.41) is 3.27. The van der Waals surface area contributed by atoms with Crippen LogP contribution in [0.25, 0.3) is 11.3 Å². The van der Waals surface area contributed by atoms with Gasteiger partial charge in [-0.1, -0.05) is 48.9 Å². The first-order valence-electron chi connectivity index (χ1n) is 10.6. The Morgan fingerprint density at radius 1 is 1.03 bits per heavy atom. The van der Waals surface area contributed by atoms with Crippen LogP contribution in [0.4, 0.5) is 11.6 Å². The summed E-state index contributed by atoms with van der Waals surface area (Å²) in [5.74, 6) is 0.812. The summed E-state index contributed by atoms with van der Waals surface area (Å²) in [6, 6.07) is 19.6. The number of esters is 1. The Bertz CT molecular complexity index is 1050. The van der Waals surface area contributed by atoms with Gasteiger partial charge < -0.3 is 14.8 Å². The maximum absolute atomic E-state index is 12.3. The second kappa shape index (κ2) is 8.76. The number of carbonyl (C=O) groups is 1. The quantitative estimate of drug-likeness (QED) is 0.528. The standard InChI is InChI=1S/C25H27N3O3/c1-17(2)31-22-16-21(18-8-5-4-6-9-18)27-24(28-22)26-20-12-10-19(11-13-20)25(14-7-15-25)23(29)30-3/h4-6,8-13,16-17H,7,14-15H2,1-3H3,(H,26,27,28). The van der Waals surface area contributed by atoms with Gasteiger partial charge in [-0.25, -0.2) is 4.98 Å². The van der Waals surface area contributed by atoms with E-state index in [1.165, 1.54) is 7.11 Å². The van der Waals surface area contributed by atoms with Crippen LogP contribution in [0.3, 0.4) is 0 Å². The van der Waals surface area contributed by atoms with Gasteiger partial charge >= 0.3 is 5.97 Å². The summed E-state index contributed by atoms with van der Waals surface area (Å²) in [7, 11) is 1.45. The number of nitrogens with one attached hydrogen (secondary N) is 1. The maximum Gasteiger partial charge on any atom is 0.316 e. The number of ether oxygens (including phenoxy) is 2. The Labute approximate surface area is 182 Å². The third kappa shape index (κ3) is 4.38. The largest absolute Gasteiger partial charge is 0.475 e. The lowest BCUT2D eigenvalue weighted by molar-refractivity contribution is -0.151. The van der Waals surface area contributed by atoms with Gasteiger partial charge in [0.1, 0.15) is 0 Å². The van der Waals surface area contributed by atoms with Gasteiger partial charge in [0, 0.05) is 17.3 Å². The van der Waals surface area contributed by atoms with Crippen LogP contribution in [0, 0.1) is 0 Å². The molecule has 0 spiro atoms. The summed E-state index contributed by atoms with van der Waals surface area (Å²) in [5.41, 5.74) is 3.09. The fourth-order valence-corrected chi connectivity index (χ4v) is 3.88. The summed E-state index contributed by atoms with van der Waals surface area (Å²) in [6.45, 7) is 3.93. The molecular weight excluding hydrogens is 390 g/mol. The lowest BCUT2D eigenvalue weighted by Crippen LogP contribution is -2.43. The highest BCUT2D eigenvalue weighted by Gasteiger charge is 2.46. The maximum atomic E-state index is 12.3. The first-order chi connectivity index (χ1) is 15.0. The third-order valence-corrected chi connectivity index (χ3v) is 5.61. The van der Waals surface area contributed by atoms with Crippen molar-refractivity contribution in [3.05, 3.63) is 66.2 Å². The zero-order valence-corrected chi connectivity index (χ0v) is 18.1. The number of nitrogens with zero attached hydrogens (tertiary/aromatic N) is 2. The van der Waals surface area contributed by atoms with E-state index < -0.39 is 5.41 Å². The van der Waals surface area contributed by atoms with Crippen molar-refractivity contribution in [2.45, 2.75) is 44.6 Å². The first-order valence-corrected chi connectivity index (χ1v) is 10.6. The number of hydrogen-bond donors (Lipinski definition) is 1. The molecule has 6 heteroatoms. The van der Waals surface area contributed by atoms with Crippen molar-refractivity contribution in [1.82, 2.24) is 9.97 Å². The average Bonchev–Trinajstić information content (AvgIpc) is 2.74. The van der Waals surface area contributed by atoms with Crippen molar-refractivity contribution in [3.63, 3.8) is 0 Å². The molecule has 1 heterocycles. The SMILES string of the molecule is COC(=O)C1(c2ccc(Nc3nc(OC(C)C)cc(-c4ccccc4)n3)cc2)CCC1. The van der Waals surface area contributed by atoms with Gasteiger partial charge in [-0.3, -0.25) is 4.79 Å². The second-order valence-corrected chi connectivity index (χ2v) is 8.08. The predicted octanol–water partition coefficient (Wildman–Crippen LogP) is 5.27. The molecule has 1 fully saturated rings. The van der Waals surface area contributed by atoms with Gasteiger partial charge in [0.05, 0.1) is 24.3 Å².